The fourth-order valence-corrected chi connectivity index (χ4v) is 1.48. The Kier molecular flexibility index (Phi) is 2.46. The molecular formula is C7H13NO3. The minimum absolute atomic E-state index is 0.357. The van der Waals surface area contributed by atoms with Gasteiger partial charge in [-0.05, 0) is 12.8 Å². The van der Waals surface area contributed by atoms with Crippen molar-refractivity contribution in [1.29, 1.82) is 0 Å². The highest BCUT2D eigenvalue weighted by molar-refractivity contribution is 5.70. The van der Waals surface area contributed by atoms with Crippen LogP contribution in [0.3, 0.4) is 0 Å². The Labute approximate surface area is 65.0 Å². The number of aliphatic hydroxyl groups excluding tert-OH is 1. The Bertz CT molecular complexity index is 160. The number of hydrogen-bond acceptors (Lipinski definition) is 3. The monoisotopic (exact) mass is 159 g/mol. The van der Waals surface area contributed by atoms with Crippen molar-refractivity contribution in [3.63, 3.8) is 0 Å². The lowest BCUT2D eigenvalue weighted by molar-refractivity contribution is -0.147. The van der Waals surface area contributed by atoms with Crippen molar-refractivity contribution in [3.05, 3.63) is 0 Å². The third-order valence-electron chi connectivity index (χ3n) is 2.22. The third kappa shape index (κ3) is 1.70. The first kappa shape index (κ1) is 8.49. The van der Waals surface area contributed by atoms with E-state index in [1.807, 2.05) is 0 Å². The molecule has 64 valence electrons. The number of aliphatic carboxylic acids is 1. The van der Waals surface area contributed by atoms with E-state index in [4.69, 9.17) is 10.8 Å². The largest absolute Gasteiger partial charge is 0.481 e. The summed E-state index contributed by atoms with van der Waals surface area (Å²) in [6.07, 6.45) is 1.21. The summed E-state index contributed by atoms with van der Waals surface area (Å²) in [4.78, 5) is 10.5. The zero-order valence-corrected chi connectivity index (χ0v) is 6.23. The van der Waals surface area contributed by atoms with Crippen LogP contribution in [0.2, 0.25) is 0 Å². The molecule has 1 rings (SSSR count). The Morgan fingerprint density at radius 2 is 2.09 bits per heavy atom. The van der Waals surface area contributed by atoms with Crippen LogP contribution in [-0.2, 0) is 4.79 Å². The summed E-state index contributed by atoms with van der Waals surface area (Å²) in [6, 6.07) is -0.357. The summed E-state index contributed by atoms with van der Waals surface area (Å²) in [5, 5.41) is 17.9. The molecule has 1 aliphatic carbocycles. The molecule has 0 saturated heterocycles. The number of nitrogens with two attached hydrogens (primary N) is 1. The van der Waals surface area contributed by atoms with Gasteiger partial charge in [-0.25, -0.2) is 0 Å². The Morgan fingerprint density at radius 1 is 1.45 bits per heavy atom. The van der Waals surface area contributed by atoms with Crippen LogP contribution in [0.5, 0.6) is 0 Å². The lowest BCUT2D eigenvalue weighted by Crippen LogP contribution is -2.46. The molecule has 1 saturated carbocycles. The zero-order chi connectivity index (χ0) is 8.43. The lowest BCUT2D eigenvalue weighted by atomic mass is 9.83. The molecule has 0 bridgehead atoms. The molecule has 0 spiro atoms. The highest BCUT2D eigenvalue weighted by atomic mass is 16.4. The van der Waals surface area contributed by atoms with Gasteiger partial charge in [-0.1, -0.05) is 6.42 Å². The summed E-state index contributed by atoms with van der Waals surface area (Å²) >= 11 is 0. The van der Waals surface area contributed by atoms with Crippen LogP contribution in [0.4, 0.5) is 0 Å². The maximum absolute atomic E-state index is 10.5. The molecule has 0 aromatic carbocycles. The SMILES string of the molecule is N[C@H]1CCC[C@@H](C(=O)O)[C@H]1O. The standard InChI is InChI=1S/C7H13NO3/c8-5-3-1-2-4(6(5)9)7(10)11/h4-6,9H,1-3,8H2,(H,10,11)/t4-,5+,6-/m1/s1. The van der Waals surface area contributed by atoms with Crippen LogP contribution in [0.15, 0.2) is 0 Å². The number of aliphatic hydroxyl groups is 1. The molecule has 1 fully saturated rings. The smallest absolute Gasteiger partial charge is 0.309 e. The molecule has 0 aromatic heterocycles. The Morgan fingerprint density at radius 3 is 2.55 bits per heavy atom. The fourth-order valence-electron chi connectivity index (χ4n) is 1.48. The van der Waals surface area contributed by atoms with E-state index in [1.54, 1.807) is 0 Å². The van der Waals surface area contributed by atoms with Gasteiger partial charge in [0.1, 0.15) is 0 Å². The van der Waals surface area contributed by atoms with Gasteiger partial charge in [0.15, 0.2) is 0 Å². The van der Waals surface area contributed by atoms with Gasteiger partial charge >= 0.3 is 5.97 Å². The first-order valence-electron chi connectivity index (χ1n) is 3.79. The summed E-state index contributed by atoms with van der Waals surface area (Å²) in [5.74, 6) is -1.59. The minimum Gasteiger partial charge on any atom is -0.481 e. The quantitative estimate of drug-likeness (QED) is 0.484. The summed E-state index contributed by atoms with van der Waals surface area (Å²) in [7, 11) is 0. The molecule has 0 aliphatic heterocycles. The maximum atomic E-state index is 10.5. The van der Waals surface area contributed by atoms with Crippen LogP contribution >= 0.6 is 0 Å². The van der Waals surface area contributed by atoms with Gasteiger partial charge in [-0.3, -0.25) is 4.79 Å². The number of rotatable bonds is 1. The third-order valence-corrected chi connectivity index (χ3v) is 2.22. The average Bonchev–Trinajstić information content (AvgIpc) is 1.94. The second-order valence-corrected chi connectivity index (χ2v) is 3.03. The van der Waals surface area contributed by atoms with Gasteiger partial charge in [-0.15, -0.1) is 0 Å². The number of carboxylic acids is 1. The van der Waals surface area contributed by atoms with Gasteiger partial charge < -0.3 is 15.9 Å². The molecule has 3 atom stereocenters. The number of hydrogen-bond donors (Lipinski definition) is 3. The van der Waals surface area contributed by atoms with Crippen molar-refractivity contribution in [3.8, 4) is 0 Å². The summed E-state index contributed by atoms with van der Waals surface area (Å²) in [6.45, 7) is 0. The van der Waals surface area contributed by atoms with Crippen LogP contribution in [0, 0.1) is 5.92 Å². The molecule has 11 heavy (non-hydrogen) atoms. The van der Waals surface area contributed by atoms with Gasteiger partial charge in [-0.2, -0.15) is 0 Å². The van der Waals surface area contributed by atoms with E-state index >= 15 is 0 Å². The molecule has 4 heteroatoms. The second kappa shape index (κ2) is 3.19. The topological polar surface area (TPSA) is 83.6 Å². The van der Waals surface area contributed by atoms with E-state index in [0.29, 0.717) is 6.42 Å². The van der Waals surface area contributed by atoms with Crippen LogP contribution in [0.25, 0.3) is 0 Å². The van der Waals surface area contributed by atoms with E-state index in [0.717, 1.165) is 12.8 Å². The van der Waals surface area contributed by atoms with Crippen LogP contribution in [-0.4, -0.2) is 28.3 Å². The number of carboxylic acid groups (broad SMARTS) is 1. The van der Waals surface area contributed by atoms with Gasteiger partial charge in [0.25, 0.3) is 0 Å². The molecule has 4 nitrogen and oxygen atoms in total. The van der Waals surface area contributed by atoms with Gasteiger partial charge in [0.05, 0.1) is 12.0 Å². The normalized spacial score (nSPS) is 38.5. The van der Waals surface area contributed by atoms with Crippen molar-refractivity contribution in [2.45, 2.75) is 31.4 Å². The predicted octanol–water partition coefficient (Wildman–Crippen LogP) is -0.441. The van der Waals surface area contributed by atoms with E-state index in [-0.39, 0.29) is 6.04 Å². The van der Waals surface area contributed by atoms with Gasteiger partial charge in [0.2, 0.25) is 0 Å². The molecule has 0 amide bonds. The molecular weight excluding hydrogens is 146 g/mol. The van der Waals surface area contributed by atoms with Crippen molar-refractivity contribution in [2.24, 2.45) is 11.7 Å². The van der Waals surface area contributed by atoms with E-state index in [2.05, 4.69) is 0 Å². The lowest BCUT2D eigenvalue weighted by Gasteiger charge is -2.29. The van der Waals surface area contributed by atoms with Crippen LogP contribution < -0.4 is 5.73 Å². The maximum Gasteiger partial charge on any atom is 0.309 e. The summed E-state index contributed by atoms with van der Waals surface area (Å²) in [5.41, 5.74) is 5.49. The minimum atomic E-state index is -0.937. The van der Waals surface area contributed by atoms with Crippen molar-refractivity contribution < 1.29 is 15.0 Å². The molecule has 0 radical (unpaired) electrons. The van der Waals surface area contributed by atoms with E-state index in [1.165, 1.54) is 0 Å². The molecule has 1 aliphatic rings. The first-order valence-corrected chi connectivity index (χ1v) is 3.79. The van der Waals surface area contributed by atoms with Gasteiger partial charge in [0, 0.05) is 6.04 Å². The molecule has 0 unspecified atom stereocenters. The van der Waals surface area contributed by atoms with Crippen LogP contribution in [0.1, 0.15) is 19.3 Å². The molecule has 0 heterocycles. The van der Waals surface area contributed by atoms with Crippen molar-refractivity contribution >= 4 is 5.97 Å². The second-order valence-electron chi connectivity index (χ2n) is 3.03. The number of carbonyl (C=O) groups is 1. The zero-order valence-electron chi connectivity index (χ0n) is 6.23. The van der Waals surface area contributed by atoms with E-state index in [9.17, 15) is 9.90 Å². The first-order chi connectivity index (χ1) is 5.13. The highest BCUT2D eigenvalue weighted by Crippen LogP contribution is 2.23. The molecule has 4 N–H and O–H groups in total. The van der Waals surface area contributed by atoms with Crippen molar-refractivity contribution in [2.75, 3.05) is 0 Å². The van der Waals surface area contributed by atoms with E-state index < -0.39 is 18.0 Å². The average molecular weight is 159 g/mol. The Balaban J connectivity index is 2.58. The van der Waals surface area contributed by atoms with Crippen molar-refractivity contribution in [1.82, 2.24) is 0 Å². The Hall–Kier alpha value is -0.610. The fraction of sp³-hybridized carbons (Fsp3) is 0.857. The molecule has 0 aromatic rings. The predicted molar refractivity (Wildman–Crippen MR) is 39.0 cm³/mol. The highest BCUT2D eigenvalue weighted by Gasteiger charge is 2.34. The summed E-state index contributed by atoms with van der Waals surface area (Å²) < 4.78 is 0.